The highest BCUT2D eigenvalue weighted by molar-refractivity contribution is 4.91. The lowest BCUT2D eigenvalue weighted by Gasteiger charge is -2.36. The van der Waals surface area contributed by atoms with Crippen molar-refractivity contribution in [2.75, 3.05) is 33.7 Å². The van der Waals surface area contributed by atoms with Crippen molar-refractivity contribution >= 4 is 0 Å². The Labute approximate surface area is 106 Å². The summed E-state index contributed by atoms with van der Waals surface area (Å²) >= 11 is 0. The van der Waals surface area contributed by atoms with E-state index in [9.17, 15) is 0 Å². The van der Waals surface area contributed by atoms with E-state index in [1.165, 1.54) is 25.9 Å². The Hall–Kier alpha value is -0.590. The lowest BCUT2D eigenvalue weighted by molar-refractivity contribution is 0.131. The fourth-order valence-corrected chi connectivity index (χ4v) is 2.51. The van der Waals surface area contributed by atoms with E-state index in [2.05, 4.69) is 30.0 Å². The van der Waals surface area contributed by atoms with Crippen LogP contribution in [-0.2, 0) is 0 Å². The minimum Gasteiger partial charge on any atom is -0.305 e. The normalized spacial score (nSPS) is 22.7. The summed E-state index contributed by atoms with van der Waals surface area (Å²) in [6, 6.07) is 3.08. The molecule has 1 saturated heterocycles. The molecular weight excluding hydrogens is 210 g/mol. The number of rotatable bonds is 5. The van der Waals surface area contributed by atoms with Crippen LogP contribution in [0.5, 0.6) is 0 Å². The highest BCUT2D eigenvalue weighted by Gasteiger charge is 2.22. The summed E-state index contributed by atoms with van der Waals surface area (Å²) in [7, 11) is 4.43. The predicted molar refractivity (Wildman–Crippen MR) is 71.8 cm³/mol. The van der Waals surface area contributed by atoms with Gasteiger partial charge in [-0.25, -0.2) is 0 Å². The molecule has 0 aromatic heterocycles. The van der Waals surface area contributed by atoms with Crippen LogP contribution in [0.3, 0.4) is 0 Å². The summed E-state index contributed by atoms with van der Waals surface area (Å²) < 4.78 is 0. The molecule has 0 aromatic rings. The number of likely N-dealkylation sites (tertiary alicyclic amines) is 1. The van der Waals surface area contributed by atoms with Gasteiger partial charge in [0.2, 0.25) is 0 Å². The van der Waals surface area contributed by atoms with E-state index in [-0.39, 0.29) is 5.41 Å². The largest absolute Gasteiger partial charge is 0.305 e. The van der Waals surface area contributed by atoms with Gasteiger partial charge < -0.3 is 9.80 Å². The highest BCUT2D eigenvalue weighted by atomic mass is 15.2. The van der Waals surface area contributed by atoms with Crippen LogP contribution in [0.2, 0.25) is 0 Å². The molecule has 0 saturated carbocycles. The van der Waals surface area contributed by atoms with Gasteiger partial charge >= 0.3 is 0 Å². The predicted octanol–water partition coefficient (Wildman–Crippen LogP) is 2.34. The smallest absolute Gasteiger partial charge is 0.0683 e. The maximum atomic E-state index is 8.97. The van der Waals surface area contributed by atoms with Crippen molar-refractivity contribution in [1.82, 2.24) is 9.80 Å². The molecular formula is C14H27N3. The molecule has 3 heteroatoms. The van der Waals surface area contributed by atoms with Gasteiger partial charge in [0.25, 0.3) is 0 Å². The summed E-state index contributed by atoms with van der Waals surface area (Å²) in [5, 5.41) is 8.97. The van der Waals surface area contributed by atoms with Gasteiger partial charge in [0.1, 0.15) is 0 Å². The second kappa shape index (κ2) is 6.37. The minimum atomic E-state index is -0.163. The number of nitriles is 1. The topological polar surface area (TPSA) is 30.3 Å². The van der Waals surface area contributed by atoms with Gasteiger partial charge in [0, 0.05) is 12.6 Å². The zero-order valence-electron chi connectivity index (χ0n) is 11.9. The monoisotopic (exact) mass is 237 g/mol. The number of nitrogens with zero attached hydrogens (tertiary/aromatic N) is 3. The van der Waals surface area contributed by atoms with Gasteiger partial charge in [-0.15, -0.1) is 0 Å². The summed E-state index contributed by atoms with van der Waals surface area (Å²) in [4.78, 5) is 4.90. The average Bonchev–Trinajstić information content (AvgIpc) is 2.28. The molecule has 3 nitrogen and oxygen atoms in total. The summed E-state index contributed by atoms with van der Waals surface area (Å²) in [6.45, 7) is 7.61. The second-order valence-electron chi connectivity index (χ2n) is 6.14. The van der Waals surface area contributed by atoms with Gasteiger partial charge in [-0.1, -0.05) is 0 Å². The standard InChI is InChI=1S/C14H27N3/c1-14(2,12-15)8-6-10-17(4)13-7-5-9-16(3)11-13/h13H,5-11H2,1-4H3. The molecule has 0 spiro atoms. The van der Waals surface area contributed by atoms with Crippen LogP contribution < -0.4 is 0 Å². The van der Waals surface area contributed by atoms with Crippen LogP contribution in [0.1, 0.15) is 39.5 Å². The molecule has 1 unspecified atom stereocenters. The lowest BCUT2D eigenvalue weighted by Crippen LogP contribution is -2.45. The Morgan fingerprint density at radius 1 is 1.47 bits per heavy atom. The van der Waals surface area contributed by atoms with Crippen molar-refractivity contribution in [3.8, 4) is 6.07 Å². The first-order chi connectivity index (χ1) is 7.94. The molecule has 0 radical (unpaired) electrons. The van der Waals surface area contributed by atoms with Gasteiger partial charge in [-0.2, -0.15) is 5.26 Å². The fraction of sp³-hybridized carbons (Fsp3) is 0.929. The van der Waals surface area contributed by atoms with Crippen molar-refractivity contribution in [3.05, 3.63) is 0 Å². The van der Waals surface area contributed by atoms with Crippen LogP contribution in [0, 0.1) is 16.7 Å². The number of likely N-dealkylation sites (N-methyl/N-ethyl adjacent to an activating group) is 2. The summed E-state index contributed by atoms with van der Waals surface area (Å²) in [6.07, 6.45) is 4.76. The van der Waals surface area contributed by atoms with E-state index in [1.807, 2.05) is 13.8 Å². The lowest BCUT2D eigenvalue weighted by atomic mass is 9.89. The van der Waals surface area contributed by atoms with Gasteiger partial charge in [0.05, 0.1) is 11.5 Å². The van der Waals surface area contributed by atoms with Crippen molar-refractivity contribution < 1.29 is 0 Å². The Balaban J connectivity index is 2.25. The zero-order valence-corrected chi connectivity index (χ0v) is 11.9. The maximum Gasteiger partial charge on any atom is 0.0683 e. The SMILES string of the molecule is CN1CCCC(N(C)CCCC(C)(C)C#N)C1. The third-order valence-electron chi connectivity index (χ3n) is 3.84. The number of hydrogen-bond donors (Lipinski definition) is 0. The molecule has 0 amide bonds. The first-order valence-corrected chi connectivity index (χ1v) is 6.74. The van der Waals surface area contributed by atoms with Gasteiger partial charge in [-0.3, -0.25) is 0 Å². The van der Waals surface area contributed by atoms with Gasteiger partial charge in [0.15, 0.2) is 0 Å². The van der Waals surface area contributed by atoms with E-state index < -0.39 is 0 Å². The quantitative estimate of drug-likeness (QED) is 0.735. The highest BCUT2D eigenvalue weighted by Crippen LogP contribution is 2.21. The zero-order chi connectivity index (χ0) is 12.9. The minimum absolute atomic E-state index is 0.163. The maximum absolute atomic E-state index is 8.97. The Kier molecular flexibility index (Phi) is 5.42. The van der Waals surface area contributed by atoms with Crippen LogP contribution in [0.15, 0.2) is 0 Å². The molecule has 1 fully saturated rings. The van der Waals surface area contributed by atoms with Crippen molar-refractivity contribution in [2.45, 2.75) is 45.6 Å². The van der Waals surface area contributed by atoms with Crippen molar-refractivity contribution in [2.24, 2.45) is 5.41 Å². The van der Waals surface area contributed by atoms with Crippen LogP contribution >= 0.6 is 0 Å². The molecule has 1 aliphatic heterocycles. The molecule has 0 N–H and O–H groups in total. The van der Waals surface area contributed by atoms with Crippen LogP contribution in [-0.4, -0.2) is 49.6 Å². The molecule has 98 valence electrons. The Morgan fingerprint density at radius 3 is 2.76 bits per heavy atom. The summed E-state index contributed by atoms with van der Waals surface area (Å²) in [5.74, 6) is 0. The van der Waals surface area contributed by atoms with E-state index in [1.54, 1.807) is 0 Å². The third-order valence-corrected chi connectivity index (χ3v) is 3.84. The average molecular weight is 237 g/mol. The third kappa shape index (κ3) is 5.06. The number of hydrogen-bond acceptors (Lipinski definition) is 3. The van der Waals surface area contributed by atoms with E-state index >= 15 is 0 Å². The molecule has 1 aliphatic rings. The van der Waals surface area contributed by atoms with E-state index in [0.29, 0.717) is 6.04 Å². The molecule has 1 rings (SSSR count). The first kappa shape index (κ1) is 14.5. The first-order valence-electron chi connectivity index (χ1n) is 6.74. The van der Waals surface area contributed by atoms with E-state index in [4.69, 9.17) is 5.26 Å². The molecule has 17 heavy (non-hydrogen) atoms. The molecule has 1 heterocycles. The molecule has 0 aliphatic carbocycles. The second-order valence-corrected chi connectivity index (χ2v) is 6.14. The van der Waals surface area contributed by atoms with Gasteiger partial charge in [-0.05, 0) is 66.7 Å². The van der Waals surface area contributed by atoms with Crippen molar-refractivity contribution in [3.63, 3.8) is 0 Å². The molecule has 1 atom stereocenters. The fourth-order valence-electron chi connectivity index (χ4n) is 2.51. The number of piperidine rings is 1. The Morgan fingerprint density at radius 2 is 2.18 bits per heavy atom. The Bertz CT molecular complexity index is 267. The van der Waals surface area contributed by atoms with Crippen LogP contribution in [0.25, 0.3) is 0 Å². The van der Waals surface area contributed by atoms with Crippen LogP contribution in [0.4, 0.5) is 0 Å². The molecule has 0 bridgehead atoms. The summed E-state index contributed by atoms with van der Waals surface area (Å²) in [5.41, 5.74) is -0.163. The van der Waals surface area contributed by atoms with E-state index in [0.717, 1.165) is 19.4 Å². The molecule has 0 aromatic carbocycles. The van der Waals surface area contributed by atoms with Crippen molar-refractivity contribution in [1.29, 1.82) is 5.26 Å².